The summed E-state index contributed by atoms with van der Waals surface area (Å²) in [4.78, 5) is 12.1. The zero-order valence-electron chi connectivity index (χ0n) is 9.69. The van der Waals surface area contributed by atoms with Crippen LogP contribution in [-0.2, 0) is 0 Å². The van der Waals surface area contributed by atoms with Crippen molar-refractivity contribution in [1.82, 2.24) is 0 Å². The minimum absolute atomic E-state index is 0.332. The highest BCUT2D eigenvalue weighted by Crippen LogP contribution is 2.29. The van der Waals surface area contributed by atoms with Gasteiger partial charge in [0.1, 0.15) is 0 Å². The number of hydrogen-bond donors (Lipinski definition) is 0. The fourth-order valence-electron chi connectivity index (χ4n) is 1.98. The Kier molecular flexibility index (Phi) is 3.29. The Labute approximate surface area is 126 Å². The van der Waals surface area contributed by atoms with Gasteiger partial charge in [0.05, 0.1) is 10.0 Å². The minimum atomic E-state index is -0.332. The molecule has 0 aliphatic carbocycles. The Bertz CT molecular complexity index is 807. The van der Waals surface area contributed by atoms with E-state index in [2.05, 4.69) is 31.9 Å². The van der Waals surface area contributed by atoms with Crippen molar-refractivity contribution in [3.05, 3.63) is 67.9 Å². The molecule has 0 amide bonds. The summed E-state index contributed by atoms with van der Waals surface area (Å²) in [5.41, 5.74) is 1.65. The SMILES string of the molecule is O=c1oc2c(Br)cc(Br)cc2cc1-c1ccccc1. The molecule has 3 aromatic rings. The Hall–Kier alpha value is -1.39. The molecule has 0 N–H and O–H groups in total. The number of benzene rings is 2. The van der Waals surface area contributed by atoms with E-state index < -0.39 is 0 Å². The van der Waals surface area contributed by atoms with Crippen LogP contribution < -0.4 is 5.63 Å². The van der Waals surface area contributed by atoms with Crippen LogP contribution in [0.2, 0.25) is 0 Å². The summed E-state index contributed by atoms with van der Waals surface area (Å²) in [5, 5.41) is 0.875. The molecular weight excluding hydrogens is 372 g/mol. The van der Waals surface area contributed by atoms with Crippen LogP contribution in [0.3, 0.4) is 0 Å². The second-order valence-corrected chi connectivity index (χ2v) is 5.89. The molecular formula is C15H8Br2O2. The normalized spacial score (nSPS) is 10.8. The zero-order valence-corrected chi connectivity index (χ0v) is 12.9. The first-order valence-corrected chi connectivity index (χ1v) is 7.22. The van der Waals surface area contributed by atoms with Crippen LogP contribution in [0.15, 0.2) is 66.7 Å². The summed E-state index contributed by atoms with van der Waals surface area (Å²) < 4.78 is 7.10. The quantitative estimate of drug-likeness (QED) is 0.558. The second-order valence-electron chi connectivity index (χ2n) is 4.12. The van der Waals surface area contributed by atoms with E-state index in [9.17, 15) is 4.79 Å². The van der Waals surface area contributed by atoms with Crippen LogP contribution in [0.1, 0.15) is 0 Å². The van der Waals surface area contributed by atoms with Crippen LogP contribution >= 0.6 is 31.9 Å². The van der Waals surface area contributed by atoms with Crippen LogP contribution in [0.4, 0.5) is 0 Å². The third kappa shape index (κ3) is 2.38. The van der Waals surface area contributed by atoms with Crippen molar-refractivity contribution in [3.63, 3.8) is 0 Å². The molecule has 0 aliphatic rings. The second kappa shape index (κ2) is 4.94. The predicted octanol–water partition coefficient (Wildman–Crippen LogP) is 4.99. The molecule has 94 valence electrons. The van der Waals surface area contributed by atoms with Gasteiger partial charge in [-0.25, -0.2) is 4.79 Å². The summed E-state index contributed by atoms with van der Waals surface area (Å²) in [6.07, 6.45) is 0. The lowest BCUT2D eigenvalue weighted by atomic mass is 10.1. The molecule has 1 heterocycles. The number of fused-ring (bicyclic) bond motifs is 1. The van der Waals surface area contributed by atoms with Crippen molar-refractivity contribution in [3.8, 4) is 11.1 Å². The summed E-state index contributed by atoms with van der Waals surface area (Å²) in [6, 6.07) is 15.1. The maximum Gasteiger partial charge on any atom is 0.344 e. The van der Waals surface area contributed by atoms with Crippen molar-refractivity contribution in [2.45, 2.75) is 0 Å². The average Bonchev–Trinajstić information content (AvgIpc) is 2.40. The predicted molar refractivity (Wildman–Crippen MR) is 83.3 cm³/mol. The maximum atomic E-state index is 12.1. The van der Waals surface area contributed by atoms with Crippen molar-refractivity contribution < 1.29 is 4.42 Å². The van der Waals surface area contributed by atoms with Gasteiger partial charge >= 0.3 is 5.63 Å². The molecule has 0 fully saturated rings. The van der Waals surface area contributed by atoms with E-state index in [0.29, 0.717) is 11.1 Å². The molecule has 0 radical (unpaired) electrons. The largest absolute Gasteiger partial charge is 0.421 e. The smallest absolute Gasteiger partial charge is 0.344 e. The van der Waals surface area contributed by atoms with E-state index in [4.69, 9.17) is 4.42 Å². The van der Waals surface area contributed by atoms with Crippen LogP contribution in [-0.4, -0.2) is 0 Å². The summed E-state index contributed by atoms with van der Waals surface area (Å²) >= 11 is 6.83. The van der Waals surface area contributed by atoms with E-state index in [-0.39, 0.29) is 5.63 Å². The molecule has 19 heavy (non-hydrogen) atoms. The van der Waals surface area contributed by atoms with Gasteiger partial charge in [-0.3, -0.25) is 0 Å². The lowest BCUT2D eigenvalue weighted by Crippen LogP contribution is -2.02. The monoisotopic (exact) mass is 378 g/mol. The van der Waals surface area contributed by atoms with E-state index in [1.807, 2.05) is 48.5 Å². The first kappa shape index (κ1) is 12.6. The summed E-state index contributed by atoms with van der Waals surface area (Å²) in [5.74, 6) is 0. The minimum Gasteiger partial charge on any atom is -0.421 e. The zero-order chi connectivity index (χ0) is 13.4. The molecule has 0 unspecified atom stereocenters. The third-order valence-electron chi connectivity index (χ3n) is 2.84. The van der Waals surface area contributed by atoms with Gasteiger partial charge in [0.2, 0.25) is 0 Å². The van der Waals surface area contributed by atoms with Crippen LogP contribution in [0.25, 0.3) is 22.1 Å². The molecule has 1 aromatic heterocycles. The van der Waals surface area contributed by atoms with Gasteiger partial charge in [0.15, 0.2) is 5.58 Å². The number of halogens is 2. The highest BCUT2D eigenvalue weighted by atomic mass is 79.9. The highest BCUT2D eigenvalue weighted by molar-refractivity contribution is 9.11. The fraction of sp³-hybridized carbons (Fsp3) is 0. The van der Waals surface area contributed by atoms with E-state index in [1.165, 1.54) is 0 Å². The Morgan fingerprint density at radius 2 is 1.68 bits per heavy atom. The number of rotatable bonds is 1. The van der Waals surface area contributed by atoms with Crippen molar-refractivity contribution in [2.75, 3.05) is 0 Å². The lowest BCUT2D eigenvalue weighted by molar-refractivity contribution is 0.561. The standard InChI is InChI=1S/C15H8Br2O2/c16-11-6-10-7-12(9-4-2-1-3-5-9)15(18)19-14(10)13(17)8-11/h1-8H. The summed E-state index contributed by atoms with van der Waals surface area (Å²) in [6.45, 7) is 0. The molecule has 4 heteroatoms. The van der Waals surface area contributed by atoms with Gasteiger partial charge in [-0.1, -0.05) is 46.3 Å². The van der Waals surface area contributed by atoms with E-state index in [1.54, 1.807) is 0 Å². The topological polar surface area (TPSA) is 30.2 Å². The Morgan fingerprint density at radius 3 is 2.42 bits per heavy atom. The molecule has 0 atom stereocenters. The highest BCUT2D eigenvalue weighted by Gasteiger charge is 2.10. The van der Waals surface area contributed by atoms with E-state index in [0.717, 1.165) is 19.9 Å². The van der Waals surface area contributed by atoms with Gasteiger partial charge in [-0.15, -0.1) is 0 Å². The third-order valence-corrected chi connectivity index (χ3v) is 3.88. The first-order valence-electron chi connectivity index (χ1n) is 5.63. The van der Waals surface area contributed by atoms with Gasteiger partial charge < -0.3 is 4.42 Å². The average molecular weight is 380 g/mol. The molecule has 2 aromatic carbocycles. The number of hydrogen-bond acceptors (Lipinski definition) is 2. The molecule has 3 rings (SSSR count). The molecule has 0 aliphatic heterocycles. The van der Waals surface area contributed by atoms with Gasteiger partial charge in [0, 0.05) is 9.86 Å². The van der Waals surface area contributed by atoms with Crippen molar-refractivity contribution in [2.24, 2.45) is 0 Å². The van der Waals surface area contributed by atoms with Crippen molar-refractivity contribution in [1.29, 1.82) is 0 Å². The molecule has 0 saturated carbocycles. The Balaban J connectivity index is 2.34. The Morgan fingerprint density at radius 1 is 0.947 bits per heavy atom. The molecule has 0 spiro atoms. The lowest BCUT2D eigenvalue weighted by Gasteiger charge is -2.04. The fourth-order valence-corrected chi connectivity index (χ4v) is 3.32. The van der Waals surface area contributed by atoms with Gasteiger partial charge in [0.25, 0.3) is 0 Å². The van der Waals surface area contributed by atoms with Gasteiger partial charge in [-0.2, -0.15) is 0 Å². The molecule has 2 nitrogen and oxygen atoms in total. The maximum absolute atomic E-state index is 12.1. The van der Waals surface area contributed by atoms with Crippen LogP contribution in [0, 0.1) is 0 Å². The van der Waals surface area contributed by atoms with Crippen molar-refractivity contribution >= 4 is 42.8 Å². The molecule has 0 bridgehead atoms. The van der Waals surface area contributed by atoms with Gasteiger partial charge in [-0.05, 0) is 39.7 Å². The first-order chi connectivity index (χ1) is 9.15. The summed E-state index contributed by atoms with van der Waals surface area (Å²) in [7, 11) is 0. The van der Waals surface area contributed by atoms with Crippen LogP contribution in [0.5, 0.6) is 0 Å². The molecule has 0 saturated heterocycles. The van der Waals surface area contributed by atoms with E-state index >= 15 is 0 Å².